The van der Waals surface area contributed by atoms with Gasteiger partial charge in [0.25, 0.3) is 0 Å². The molecule has 1 atom stereocenters. The van der Waals surface area contributed by atoms with E-state index >= 15 is 0 Å². The lowest BCUT2D eigenvalue weighted by molar-refractivity contribution is 0.0320. The fourth-order valence-electron chi connectivity index (χ4n) is 1.89. The number of hydrogen-bond donors (Lipinski definition) is 0. The molecular weight excluding hydrogens is 228 g/mol. The summed E-state index contributed by atoms with van der Waals surface area (Å²) in [6, 6.07) is 5.44. The van der Waals surface area contributed by atoms with Gasteiger partial charge in [0.05, 0.1) is 24.2 Å². The van der Waals surface area contributed by atoms with Gasteiger partial charge in [0, 0.05) is 10.8 Å². The van der Waals surface area contributed by atoms with Crippen LogP contribution in [0.3, 0.4) is 0 Å². The quantitative estimate of drug-likeness (QED) is 0.743. The van der Waals surface area contributed by atoms with Crippen molar-refractivity contribution in [3.63, 3.8) is 0 Å². The lowest BCUT2D eigenvalue weighted by atomic mass is 10.1. The molecule has 0 aliphatic heterocycles. The summed E-state index contributed by atoms with van der Waals surface area (Å²) >= 11 is 0. The molecular formula is C15H18O3. The lowest BCUT2D eigenvalue weighted by Gasteiger charge is -2.12. The minimum Gasteiger partial charge on any atom is -0.471 e. The first-order valence-electron chi connectivity index (χ1n) is 6.37. The smallest absolute Gasteiger partial charge is 0.338 e. The molecule has 1 unspecified atom stereocenters. The highest BCUT2D eigenvalue weighted by atomic mass is 16.5. The Morgan fingerprint density at radius 1 is 1.33 bits per heavy atom. The summed E-state index contributed by atoms with van der Waals surface area (Å²) in [5.41, 5.74) is 0.576. The largest absolute Gasteiger partial charge is 0.471 e. The van der Waals surface area contributed by atoms with E-state index in [0.717, 1.165) is 30.0 Å². The van der Waals surface area contributed by atoms with Crippen molar-refractivity contribution in [3.05, 3.63) is 36.3 Å². The van der Waals surface area contributed by atoms with Crippen molar-refractivity contribution in [1.82, 2.24) is 0 Å². The van der Waals surface area contributed by atoms with Crippen LogP contribution in [-0.4, -0.2) is 12.1 Å². The number of ether oxygens (including phenoxy) is 1. The van der Waals surface area contributed by atoms with Gasteiger partial charge < -0.3 is 9.15 Å². The molecule has 3 nitrogen and oxygen atoms in total. The van der Waals surface area contributed by atoms with Gasteiger partial charge in [0.2, 0.25) is 0 Å². The highest BCUT2D eigenvalue weighted by molar-refractivity contribution is 5.95. The molecule has 0 radical (unpaired) electrons. The van der Waals surface area contributed by atoms with Crippen LogP contribution in [0.1, 0.15) is 43.5 Å². The molecule has 1 heterocycles. The lowest BCUT2D eigenvalue weighted by Crippen LogP contribution is -2.14. The van der Waals surface area contributed by atoms with Crippen LogP contribution in [0.2, 0.25) is 0 Å². The van der Waals surface area contributed by atoms with Gasteiger partial charge in [-0.05, 0) is 25.5 Å². The SMILES string of the molecule is CCCCC(C)OC(=O)c1ccc2cocc2c1. The van der Waals surface area contributed by atoms with Gasteiger partial charge in [0.1, 0.15) is 0 Å². The zero-order valence-electron chi connectivity index (χ0n) is 10.8. The van der Waals surface area contributed by atoms with E-state index in [1.807, 2.05) is 13.0 Å². The molecule has 2 aromatic rings. The number of esters is 1. The first kappa shape index (κ1) is 12.7. The summed E-state index contributed by atoms with van der Waals surface area (Å²) in [6.45, 7) is 4.06. The first-order valence-corrected chi connectivity index (χ1v) is 6.37. The third-order valence-electron chi connectivity index (χ3n) is 2.98. The van der Waals surface area contributed by atoms with Gasteiger partial charge in [-0.1, -0.05) is 25.8 Å². The molecule has 0 spiro atoms. The number of unbranched alkanes of at least 4 members (excludes halogenated alkanes) is 1. The van der Waals surface area contributed by atoms with E-state index in [1.165, 1.54) is 0 Å². The molecule has 96 valence electrons. The van der Waals surface area contributed by atoms with Crippen LogP contribution >= 0.6 is 0 Å². The number of furan rings is 1. The van der Waals surface area contributed by atoms with Gasteiger partial charge in [-0.2, -0.15) is 0 Å². The Morgan fingerprint density at radius 3 is 2.89 bits per heavy atom. The van der Waals surface area contributed by atoms with Gasteiger partial charge in [0.15, 0.2) is 0 Å². The van der Waals surface area contributed by atoms with Crippen LogP contribution in [0.25, 0.3) is 10.8 Å². The Balaban J connectivity index is 2.03. The second kappa shape index (κ2) is 5.71. The number of hydrogen-bond acceptors (Lipinski definition) is 3. The summed E-state index contributed by atoms with van der Waals surface area (Å²) in [5.74, 6) is -0.262. The molecule has 0 N–H and O–H groups in total. The second-order valence-electron chi connectivity index (χ2n) is 4.57. The third kappa shape index (κ3) is 2.92. The Labute approximate surface area is 107 Å². The summed E-state index contributed by atoms with van der Waals surface area (Å²) in [7, 11) is 0. The van der Waals surface area contributed by atoms with E-state index in [4.69, 9.17) is 9.15 Å². The van der Waals surface area contributed by atoms with Crippen molar-refractivity contribution < 1.29 is 13.9 Å². The van der Waals surface area contributed by atoms with E-state index < -0.39 is 0 Å². The summed E-state index contributed by atoms with van der Waals surface area (Å²) in [4.78, 5) is 11.9. The Morgan fingerprint density at radius 2 is 2.11 bits per heavy atom. The zero-order valence-corrected chi connectivity index (χ0v) is 10.8. The van der Waals surface area contributed by atoms with E-state index in [2.05, 4.69) is 6.92 Å². The number of carbonyl (C=O) groups is 1. The molecule has 3 heteroatoms. The molecule has 0 aliphatic rings. The highest BCUT2D eigenvalue weighted by Gasteiger charge is 2.12. The molecule has 0 saturated heterocycles. The van der Waals surface area contributed by atoms with Crippen molar-refractivity contribution in [2.24, 2.45) is 0 Å². The van der Waals surface area contributed by atoms with Gasteiger partial charge in [-0.15, -0.1) is 0 Å². The van der Waals surface area contributed by atoms with Crippen LogP contribution in [0.15, 0.2) is 35.1 Å². The monoisotopic (exact) mass is 246 g/mol. The van der Waals surface area contributed by atoms with Crippen molar-refractivity contribution in [1.29, 1.82) is 0 Å². The first-order chi connectivity index (χ1) is 8.70. The standard InChI is InChI=1S/C15H18O3/c1-3-4-5-11(2)18-15(16)12-6-7-13-9-17-10-14(13)8-12/h6-11H,3-5H2,1-2H3. The minimum absolute atomic E-state index is 0.0301. The maximum absolute atomic E-state index is 11.9. The van der Waals surface area contributed by atoms with Gasteiger partial charge >= 0.3 is 5.97 Å². The number of rotatable bonds is 5. The van der Waals surface area contributed by atoms with E-state index in [9.17, 15) is 4.79 Å². The number of benzene rings is 1. The molecule has 18 heavy (non-hydrogen) atoms. The highest BCUT2D eigenvalue weighted by Crippen LogP contribution is 2.18. The molecule has 2 rings (SSSR count). The number of carbonyl (C=O) groups excluding carboxylic acids is 1. The van der Waals surface area contributed by atoms with Crippen LogP contribution in [0.4, 0.5) is 0 Å². The Bertz CT molecular complexity index is 527. The maximum Gasteiger partial charge on any atom is 0.338 e. The normalized spacial score (nSPS) is 12.6. The number of fused-ring (bicyclic) bond motifs is 1. The zero-order chi connectivity index (χ0) is 13.0. The molecule has 1 aromatic carbocycles. The second-order valence-corrected chi connectivity index (χ2v) is 4.57. The predicted molar refractivity (Wildman–Crippen MR) is 70.6 cm³/mol. The average Bonchev–Trinajstić information content (AvgIpc) is 2.83. The topological polar surface area (TPSA) is 39.4 Å². The average molecular weight is 246 g/mol. The molecule has 0 amide bonds. The fourth-order valence-corrected chi connectivity index (χ4v) is 1.89. The summed E-state index contributed by atoms with van der Waals surface area (Å²) in [5, 5.41) is 1.91. The van der Waals surface area contributed by atoms with Crippen LogP contribution in [0.5, 0.6) is 0 Å². The molecule has 0 aliphatic carbocycles. The van der Waals surface area contributed by atoms with Crippen molar-refractivity contribution >= 4 is 16.7 Å². The van der Waals surface area contributed by atoms with E-state index in [-0.39, 0.29) is 12.1 Å². The Kier molecular flexibility index (Phi) is 4.03. The van der Waals surface area contributed by atoms with Crippen molar-refractivity contribution in [2.75, 3.05) is 0 Å². The van der Waals surface area contributed by atoms with Crippen LogP contribution in [-0.2, 0) is 4.74 Å². The molecule has 0 saturated carbocycles. The van der Waals surface area contributed by atoms with Crippen molar-refractivity contribution in [2.45, 2.75) is 39.2 Å². The summed E-state index contributed by atoms with van der Waals surface area (Å²) in [6.07, 6.45) is 6.37. The molecule has 0 bridgehead atoms. The van der Waals surface area contributed by atoms with Crippen LogP contribution in [0, 0.1) is 0 Å². The third-order valence-corrected chi connectivity index (χ3v) is 2.98. The Hall–Kier alpha value is -1.77. The fraction of sp³-hybridized carbons (Fsp3) is 0.400. The minimum atomic E-state index is -0.262. The molecule has 0 fully saturated rings. The summed E-state index contributed by atoms with van der Waals surface area (Å²) < 4.78 is 10.5. The van der Waals surface area contributed by atoms with Crippen LogP contribution < -0.4 is 0 Å². The van der Waals surface area contributed by atoms with E-state index in [1.54, 1.807) is 24.7 Å². The van der Waals surface area contributed by atoms with E-state index in [0.29, 0.717) is 5.56 Å². The predicted octanol–water partition coefficient (Wildman–Crippen LogP) is 4.17. The molecule has 1 aromatic heterocycles. The van der Waals surface area contributed by atoms with Crippen molar-refractivity contribution in [3.8, 4) is 0 Å². The maximum atomic E-state index is 11.9. The van der Waals surface area contributed by atoms with Gasteiger partial charge in [-0.3, -0.25) is 0 Å². The van der Waals surface area contributed by atoms with Gasteiger partial charge in [-0.25, -0.2) is 4.79 Å².